The monoisotopic (exact) mass is 390 g/mol. The van der Waals surface area contributed by atoms with Gasteiger partial charge in [0, 0.05) is 37.2 Å². The first-order chi connectivity index (χ1) is 14.2. The van der Waals surface area contributed by atoms with Crippen molar-refractivity contribution >= 4 is 11.6 Å². The Morgan fingerprint density at radius 3 is 2.86 bits per heavy atom. The molecule has 0 fully saturated rings. The number of methoxy groups -OCH3 is 1. The molecule has 1 N–H and O–H groups in total. The molecule has 148 valence electrons. The molecule has 0 radical (unpaired) electrons. The van der Waals surface area contributed by atoms with E-state index < -0.39 is 0 Å². The Morgan fingerprint density at radius 2 is 2.07 bits per heavy atom. The molecule has 4 aromatic rings. The summed E-state index contributed by atoms with van der Waals surface area (Å²) in [6, 6.07) is 7.73. The van der Waals surface area contributed by atoms with Crippen LogP contribution in [0.5, 0.6) is 5.75 Å². The second-order valence-electron chi connectivity index (χ2n) is 6.66. The zero-order chi connectivity index (χ0) is 20.2. The van der Waals surface area contributed by atoms with Gasteiger partial charge in [0.25, 0.3) is 5.91 Å². The summed E-state index contributed by atoms with van der Waals surface area (Å²) >= 11 is 0. The fraction of sp³-hybridized carbons (Fsp3) is 0.238. The predicted molar refractivity (Wildman–Crippen MR) is 109 cm³/mol. The maximum atomic E-state index is 12.6. The Balaban J connectivity index is 1.53. The number of ether oxygens (including phenoxy) is 1. The molecule has 3 aromatic heterocycles. The quantitative estimate of drug-likeness (QED) is 0.491. The molecule has 0 aliphatic carbocycles. The van der Waals surface area contributed by atoms with Crippen LogP contribution in [0.25, 0.3) is 16.8 Å². The van der Waals surface area contributed by atoms with Crippen molar-refractivity contribution in [1.29, 1.82) is 0 Å². The number of imidazole rings is 1. The highest BCUT2D eigenvalue weighted by atomic mass is 16.5. The molecule has 1 aromatic carbocycles. The van der Waals surface area contributed by atoms with Crippen molar-refractivity contribution in [3.63, 3.8) is 0 Å². The van der Waals surface area contributed by atoms with Crippen LogP contribution >= 0.6 is 0 Å². The lowest BCUT2D eigenvalue weighted by atomic mass is 10.1. The molecule has 0 aliphatic rings. The highest BCUT2D eigenvalue weighted by molar-refractivity contribution is 5.95. The van der Waals surface area contributed by atoms with E-state index in [1.165, 1.54) is 0 Å². The van der Waals surface area contributed by atoms with E-state index in [9.17, 15) is 4.79 Å². The van der Waals surface area contributed by atoms with Gasteiger partial charge in [0.2, 0.25) is 0 Å². The van der Waals surface area contributed by atoms with Crippen LogP contribution in [0.4, 0.5) is 0 Å². The number of fused-ring (bicyclic) bond motifs is 1. The van der Waals surface area contributed by atoms with Crippen LogP contribution in [0, 0.1) is 6.92 Å². The molecular weight excluding hydrogens is 368 g/mol. The van der Waals surface area contributed by atoms with E-state index in [-0.39, 0.29) is 5.91 Å². The number of carbonyl (C=O) groups is 1. The lowest BCUT2D eigenvalue weighted by molar-refractivity contribution is 0.0951. The molecule has 8 nitrogen and oxygen atoms in total. The first-order valence-electron chi connectivity index (χ1n) is 9.39. The van der Waals surface area contributed by atoms with Crippen LogP contribution in [0.1, 0.15) is 22.5 Å². The number of rotatable bonds is 7. The minimum atomic E-state index is -0.156. The third-order valence-corrected chi connectivity index (χ3v) is 4.85. The van der Waals surface area contributed by atoms with Gasteiger partial charge in [0.05, 0.1) is 36.5 Å². The molecule has 3 heterocycles. The Hall–Kier alpha value is -3.68. The van der Waals surface area contributed by atoms with Gasteiger partial charge < -0.3 is 14.6 Å². The average Bonchev–Trinajstić information content (AvgIpc) is 3.41. The largest absolute Gasteiger partial charge is 0.496 e. The zero-order valence-corrected chi connectivity index (χ0v) is 16.4. The van der Waals surface area contributed by atoms with Gasteiger partial charge in [-0.15, -0.1) is 0 Å². The lowest BCUT2D eigenvalue weighted by Crippen LogP contribution is -2.26. The molecule has 29 heavy (non-hydrogen) atoms. The fourth-order valence-electron chi connectivity index (χ4n) is 3.30. The van der Waals surface area contributed by atoms with E-state index in [4.69, 9.17) is 4.74 Å². The topological polar surface area (TPSA) is 86.3 Å². The Kier molecular flexibility index (Phi) is 5.24. The summed E-state index contributed by atoms with van der Waals surface area (Å²) in [5, 5.41) is 7.40. The summed E-state index contributed by atoms with van der Waals surface area (Å²) in [6.45, 7) is 3.24. The number of aryl methyl sites for hydroxylation is 2. The lowest BCUT2D eigenvalue weighted by Gasteiger charge is -2.10. The van der Waals surface area contributed by atoms with E-state index in [1.807, 2.05) is 42.0 Å². The number of hydrogen-bond acceptors (Lipinski definition) is 5. The number of amides is 1. The van der Waals surface area contributed by atoms with Gasteiger partial charge in [-0.1, -0.05) is 18.2 Å². The SMILES string of the molecule is COc1ccccc1-c1cnn2c(C)c(C(=O)NCCCn3ccnc3)cnc12. The van der Waals surface area contributed by atoms with Crippen LogP contribution in [-0.4, -0.2) is 43.7 Å². The van der Waals surface area contributed by atoms with Crippen molar-refractivity contribution in [2.45, 2.75) is 19.9 Å². The summed E-state index contributed by atoms with van der Waals surface area (Å²) in [5.41, 5.74) is 3.70. The third-order valence-electron chi connectivity index (χ3n) is 4.85. The summed E-state index contributed by atoms with van der Waals surface area (Å²) in [5.74, 6) is 0.596. The summed E-state index contributed by atoms with van der Waals surface area (Å²) in [6.07, 6.45) is 9.58. The maximum Gasteiger partial charge on any atom is 0.254 e. The van der Waals surface area contributed by atoms with Crippen LogP contribution < -0.4 is 10.1 Å². The van der Waals surface area contributed by atoms with E-state index >= 15 is 0 Å². The number of nitrogens with zero attached hydrogens (tertiary/aromatic N) is 5. The van der Waals surface area contributed by atoms with E-state index in [0.717, 1.165) is 35.5 Å². The van der Waals surface area contributed by atoms with Gasteiger partial charge in [-0.05, 0) is 19.4 Å². The summed E-state index contributed by atoms with van der Waals surface area (Å²) in [4.78, 5) is 21.1. The van der Waals surface area contributed by atoms with Gasteiger partial charge >= 0.3 is 0 Å². The second-order valence-corrected chi connectivity index (χ2v) is 6.66. The number of carbonyl (C=O) groups excluding carboxylic acids is 1. The van der Waals surface area contributed by atoms with Crippen molar-refractivity contribution in [2.75, 3.05) is 13.7 Å². The van der Waals surface area contributed by atoms with Gasteiger partial charge in [-0.3, -0.25) is 4.79 Å². The first kappa shape index (κ1) is 18.7. The molecule has 0 saturated heterocycles. The Bertz CT molecular complexity index is 1130. The van der Waals surface area contributed by atoms with Gasteiger partial charge in [0.1, 0.15) is 5.75 Å². The van der Waals surface area contributed by atoms with Gasteiger partial charge in [0.15, 0.2) is 5.65 Å². The average molecular weight is 390 g/mol. The van der Waals surface area contributed by atoms with E-state index in [2.05, 4.69) is 20.4 Å². The first-order valence-corrected chi connectivity index (χ1v) is 9.39. The van der Waals surface area contributed by atoms with Crippen molar-refractivity contribution in [3.05, 3.63) is 66.6 Å². The normalized spacial score (nSPS) is 11.0. The zero-order valence-electron chi connectivity index (χ0n) is 16.4. The number of benzene rings is 1. The smallest absolute Gasteiger partial charge is 0.254 e. The van der Waals surface area contributed by atoms with Gasteiger partial charge in [-0.2, -0.15) is 5.10 Å². The molecular formula is C21H22N6O2. The highest BCUT2D eigenvalue weighted by Gasteiger charge is 2.17. The molecule has 0 aliphatic heterocycles. The fourth-order valence-corrected chi connectivity index (χ4v) is 3.30. The minimum absolute atomic E-state index is 0.156. The number of para-hydroxylation sites is 1. The summed E-state index contributed by atoms with van der Waals surface area (Å²) < 4.78 is 9.13. The van der Waals surface area contributed by atoms with Crippen molar-refractivity contribution in [2.24, 2.45) is 0 Å². The van der Waals surface area contributed by atoms with E-state index in [1.54, 1.807) is 36.5 Å². The van der Waals surface area contributed by atoms with Crippen molar-refractivity contribution < 1.29 is 9.53 Å². The molecule has 8 heteroatoms. The number of hydrogen-bond donors (Lipinski definition) is 1. The summed E-state index contributed by atoms with van der Waals surface area (Å²) in [7, 11) is 1.64. The van der Waals surface area contributed by atoms with Crippen LogP contribution in [0.15, 0.2) is 55.4 Å². The Morgan fingerprint density at radius 1 is 1.21 bits per heavy atom. The third kappa shape index (κ3) is 3.69. The molecule has 4 rings (SSSR count). The number of aromatic nitrogens is 5. The van der Waals surface area contributed by atoms with Crippen LogP contribution in [0.2, 0.25) is 0 Å². The molecule has 0 atom stereocenters. The molecule has 0 spiro atoms. The maximum absolute atomic E-state index is 12.6. The number of nitrogens with one attached hydrogen (secondary N) is 1. The molecule has 0 unspecified atom stereocenters. The molecule has 1 amide bonds. The molecule has 0 saturated carbocycles. The van der Waals surface area contributed by atoms with Gasteiger partial charge in [-0.25, -0.2) is 14.5 Å². The molecule has 0 bridgehead atoms. The van der Waals surface area contributed by atoms with E-state index in [0.29, 0.717) is 17.8 Å². The van der Waals surface area contributed by atoms with Crippen molar-refractivity contribution in [3.8, 4) is 16.9 Å². The standard InChI is InChI=1S/C21H22N6O2/c1-15-17(21(28)23-8-5-10-26-11-9-22-14-26)12-24-20-18(13-25-27(15)20)16-6-3-4-7-19(16)29-2/h3-4,6-7,9,11-14H,5,8,10H2,1-2H3,(H,23,28). The highest BCUT2D eigenvalue weighted by Crippen LogP contribution is 2.32. The van der Waals surface area contributed by atoms with Crippen LogP contribution in [0.3, 0.4) is 0 Å². The van der Waals surface area contributed by atoms with Crippen LogP contribution in [-0.2, 0) is 6.54 Å². The van der Waals surface area contributed by atoms with Crippen molar-refractivity contribution in [1.82, 2.24) is 29.5 Å². The Labute approximate surface area is 168 Å². The predicted octanol–water partition coefficient (Wildman–Crippen LogP) is 2.73. The second kappa shape index (κ2) is 8.14. The minimum Gasteiger partial charge on any atom is -0.496 e.